The lowest BCUT2D eigenvalue weighted by atomic mass is 9.76. The van der Waals surface area contributed by atoms with Crippen LogP contribution in [0.25, 0.3) is 0 Å². The Hall–Kier alpha value is -2.50. The van der Waals surface area contributed by atoms with Gasteiger partial charge in [0.1, 0.15) is 0 Å². The normalized spacial score (nSPS) is 21.2. The molecule has 2 aromatic rings. The Morgan fingerprint density at radius 2 is 2.04 bits per heavy atom. The van der Waals surface area contributed by atoms with Crippen molar-refractivity contribution < 1.29 is 14.3 Å². The van der Waals surface area contributed by atoms with Gasteiger partial charge in [-0.15, -0.1) is 0 Å². The Morgan fingerprint density at radius 1 is 1.25 bits per heavy atom. The highest BCUT2D eigenvalue weighted by atomic mass is 16.7. The maximum absolute atomic E-state index is 13.3. The van der Waals surface area contributed by atoms with E-state index in [1.54, 1.807) is 0 Å². The molecular formula is C22H29N3O3. The van der Waals surface area contributed by atoms with Gasteiger partial charge in [-0.2, -0.15) is 5.10 Å². The minimum Gasteiger partial charge on any atom is -0.454 e. The zero-order valence-electron chi connectivity index (χ0n) is 17.2. The van der Waals surface area contributed by atoms with Crippen LogP contribution < -0.4 is 9.47 Å². The summed E-state index contributed by atoms with van der Waals surface area (Å²) in [7, 11) is 0. The van der Waals surface area contributed by atoms with Crippen LogP contribution in [0.1, 0.15) is 54.0 Å². The molecule has 2 aliphatic rings. The molecule has 1 saturated heterocycles. The Bertz CT molecular complexity index is 905. The van der Waals surface area contributed by atoms with Crippen LogP contribution in [0.2, 0.25) is 0 Å². The monoisotopic (exact) mass is 383 g/mol. The van der Waals surface area contributed by atoms with Gasteiger partial charge in [-0.1, -0.05) is 13.0 Å². The van der Waals surface area contributed by atoms with E-state index < -0.39 is 0 Å². The fraction of sp³-hybridized carbons (Fsp3) is 0.545. The van der Waals surface area contributed by atoms with E-state index in [0.717, 1.165) is 67.3 Å². The molecule has 0 unspecified atom stereocenters. The van der Waals surface area contributed by atoms with Crippen LogP contribution in [-0.4, -0.2) is 40.5 Å². The molecule has 0 N–H and O–H groups in total. The highest BCUT2D eigenvalue weighted by Gasteiger charge is 2.35. The smallest absolute Gasteiger partial charge is 0.257 e. The van der Waals surface area contributed by atoms with Gasteiger partial charge in [-0.25, -0.2) is 0 Å². The molecule has 6 heteroatoms. The van der Waals surface area contributed by atoms with E-state index in [1.165, 1.54) is 5.56 Å². The topological polar surface area (TPSA) is 56.6 Å². The average Bonchev–Trinajstić information content (AvgIpc) is 3.24. The third kappa shape index (κ3) is 3.36. The van der Waals surface area contributed by atoms with E-state index in [-0.39, 0.29) is 11.3 Å². The summed E-state index contributed by atoms with van der Waals surface area (Å²) in [4.78, 5) is 15.3. The minimum absolute atomic E-state index is 0.0458. The number of aryl methyl sites for hydroxylation is 2. The van der Waals surface area contributed by atoms with Gasteiger partial charge in [-0.05, 0) is 63.1 Å². The van der Waals surface area contributed by atoms with Crippen molar-refractivity contribution in [2.24, 2.45) is 5.41 Å². The van der Waals surface area contributed by atoms with Crippen molar-refractivity contribution in [3.8, 4) is 11.5 Å². The second kappa shape index (κ2) is 7.15. The zero-order chi connectivity index (χ0) is 19.9. The van der Waals surface area contributed by atoms with Crippen LogP contribution in [0.3, 0.4) is 0 Å². The lowest BCUT2D eigenvalue weighted by Gasteiger charge is -2.41. The molecule has 6 nitrogen and oxygen atoms in total. The van der Waals surface area contributed by atoms with Crippen molar-refractivity contribution in [2.75, 3.05) is 19.9 Å². The van der Waals surface area contributed by atoms with Crippen molar-refractivity contribution in [1.82, 2.24) is 14.7 Å². The highest BCUT2D eigenvalue weighted by Crippen LogP contribution is 2.38. The van der Waals surface area contributed by atoms with Crippen LogP contribution in [0.15, 0.2) is 18.2 Å². The van der Waals surface area contributed by atoms with Gasteiger partial charge in [0.25, 0.3) is 5.91 Å². The molecule has 28 heavy (non-hydrogen) atoms. The van der Waals surface area contributed by atoms with Crippen LogP contribution in [0, 0.1) is 19.3 Å². The van der Waals surface area contributed by atoms with Crippen molar-refractivity contribution in [2.45, 2.75) is 53.5 Å². The molecule has 1 amide bonds. The number of carbonyl (C=O) groups excluding carboxylic acids is 1. The molecule has 0 spiro atoms. The van der Waals surface area contributed by atoms with Crippen molar-refractivity contribution >= 4 is 5.91 Å². The van der Waals surface area contributed by atoms with Gasteiger partial charge in [0, 0.05) is 25.3 Å². The number of hydrogen-bond donors (Lipinski definition) is 0. The molecule has 1 aromatic carbocycles. The Labute approximate surface area is 166 Å². The fourth-order valence-corrected chi connectivity index (χ4v) is 4.65. The number of carbonyl (C=O) groups is 1. The van der Waals surface area contributed by atoms with Crippen LogP contribution >= 0.6 is 0 Å². The van der Waals surface area contributed by atoms with Gasteiger partial charge in [0.2, 0.25) is 6.79 Å². The first-order chi connectivity index (χ1) is 13.4. The molecule has 0 aliphatic carbocycles. The second-order valence-electron chi connectivity index (χ2n) is 8.37. The number of aromatic nitrogens is 2. The molecule has 1 atom stereocenters. The van der Waals surface area contributed by atoms with Gasteiger partial charge in [-0.3, -0.25) is 9.48 Å². The zero-order valence-corrected chi connectivity index (χ0v) is 17.2. The quantitative estimate of drug-likeness (QED) is 0.807. The average molecular weight is 383 g/mol. The third-order valence-electron chi connectivity index (χ3n) is 6.03. The molecule has 1 fully saturated rings. The summed E-state index contributed by atoms with van der Waals surface area (Å²) in [6.45, 7) is 10.9. The summed E-state index contributed by atoms with van der Waals surface area (Å²) in [5, 5.41) is 4.53. The lowest BCUT2D eigenvalue weighted by molar-refractivity contribution is 0.0549. The standard InChI is InChI=1S/C22H29N3O3/c1-5-25-16(3)20(15(2)23-25)21(26)24-10-6-9-22(4,13-24)12-17-7-8-18-19(11-17)28-14-27-18/h7-8,11H,5-6,9-10,12-14H2,1-4H3/t22-/m0/s1. The molecular weight excluding hydrogens is 354 g/mol. The van der Waals surface area contributed by atoms with Crippen LogP contribution in [0.4, 0.5) is 0 Å². The van der Waals surface area contributed by atoms with E-state index in [9.17, 15) is 4.79 Å². The van der Waals surface area contributed by atoms with E-state index >= 15 is 0 Å². The highest BCUT2D eigenvalue weighted by molar-refractivity contribution is 5.96. The van der Waals surface area contributed by atoms with Gasteiger partial charge < -0.3 is 14.4 Å². The number of likely N-dealkylation sites (tertiary alicyclic amines) is 1. The molecule has 0 bridgehead atoms. The molecule has 1 aromatic heterocycles. The first-order valence-electron chi connectivity index (χ1n) is 10.1. The summed E-state index contributed by atoms with van der Waals surface area (Å²) in [5.41, 5.74) is 3.84. The SMILES string of the molecule is CCn1nc(C)c(C(=O)N2CCC[C@@](C)(Cc3ccc4c(c3)OCO4)C2)c1C. The first kappa shape index (κ1) is 18.8. The number of nitrogens with zero attached hydrogens (tertiary/aromatic N) is 3. The summed E-state index contributed by atoms with van der Waals surface area (Å²) in [6.07, 6.45) is 3.05. The van der Waals surface area contributed by atoms with Crippen LogP contribution in [-0.2, 0) is 13.0 Å². The molecule has 3 heterocycles. The number of amides is 1. The number of ether oxygens (including phenoxy) is 2. The first-order valence-corrected chi connectivity index (χ1v) is 10.1. The van der Waals surface area contributed by atoms with E-state index in [0.29, 0.717) is 6.79 Å². The largest absolute Gasteiger partial charge is 0.454 e. The number of benzene rings is 1. The molecule has 2 aliphatic heterocycles. The van der Waals surface area contributed by atoms with Crippen LogP contribution in [0.5, 0.6) is 11.5 Å². The maximum Gasteiger partial charge on any atom is 0.257 e. The Kier molecular flexibility index (Phi) is 4.81. The summed E-state index contributed by atoms with van der Waals surface area (Å²) in [5.74, 6) is 1.75. The van der Waals surface area contributed by atoms with Gasteiger partial charge >= 0.3 is 0 Å². The third-order valence-corrected chi connectivity index (χ3v) is 6.03. The minimum atomic E-state index is 0.0458. The number of hydrogen-bond acceptors (Lipinski definition) is 4. The summed E-state index contributed by atoms with van der Waals surface area (Å²) >= 11 is 0. The number of fused-ring (bicyclic) bond motifs is 1. The predicted molar refractivity (Wildman–Crippen MR) is 107 cm³/mol. The van der Waals surface area contributed by atoms with Gasteiger partial charge in [0.05, 0.1) is 11.3 Å². The fourth-order valence-electron chi connectivity index (χ4n) is 4.65. The van der Waals surface area contributed by atoms with E-state index in [2.05, 4.69) is 31.1 Å². The molecule has 0 saturated carbocycles. The molecule has 150 valence electrons. The second-order valence-corrected chi connectivity index (χ2v) is 8.37. The summed E-state index contributed by atoms with van der Waals surface area (Å²) < 4.78 is 12.9. The predicted octanol–water partition coefficient (Wildman–Crippen LogP) is 3.73. The van der Waals surface area contributed by atoms with Gasteiger partial charge in [0.15, 0.2) is 11.5 Å². The van der Waals surface area contributed by atoms with E-state index in [4.69, 9.17) is 9.47 Å². The van der Waals surface area contributed by atoms with E-state index in [1.807, 2.05) is 29.5 Å². The summed E-state index contributed by atoms with van der Waals surface area (Å²) in [6, 6.07) is 6.17. The molecule has 0 radical (unpaired) electrons. The van der Waals surface area contributed by atoms with Crippen molar-refractivity contribution in [3.63, 3.8) is 0 Å². The lowest BCUT2D eigenvalue weighted by Crippen LogP contribution is -2.46. The number of rotatable bonds is 4. The Balaban J connectivity index is 1.52. The Morgan fingerprint density at radius 3 is 2.79 bits per heavy atom. The van der Waals surface area contributed by atoms with Crippen molar-refractivity contribution in [1.29, 1.82) is 0 Å². The number of piperidine rings is 1. The van der Waals surface area contributed by atoms with Crippen molar-refractivity contribution in [3.05, 3.63) is 40.7 Å². The maximum atomic E-state index is 13.3. The molecule has 4 rings (SSSR count).